The fourth-order valence-electron chi connectivity index (χ4n) is 2.97. The third-order valence-electron chi connectivity index (χ3n) is 3.84. The SMILES string of the molecule is [B]c1ccc2c(c1)CC1[C@H](Cn3ccnn3)OC(=O)N21. The van der Waals surface area contributed by atoms with Crippen LogP contribution >= 0.6 is 0 Å². The van der Waals surface area contributed by atoms with E-state index in [0.29, 0.717) is 12.0 Å². The lowest BCUT2D eigenvalue weighted by Gasteiger charge is -2.16. The minimum absolute atomic E-state index is 0.00324. The van der Waals surface area contributed by atoms with Crippen LogP contribution in [0.4, 0.5) is 10.5 Å². The summed E-state index contributed by atoms with van der Waals surface area (Å²) < 4.78 is 7.14. The maximum atomic E-state index is 12.1. The number of aromatic nitrogens is 3. The van der Waals surface area contributed by atoms with Gasteiger partial charge in [0.15, 0.2) is 0 Å². The van der Waals surface area contributed by atoms with Gasteiger partial charge in [-0.05, 0) is 18.1 Å². The number of carbonyl (C=O) groups excluding carboxylic acids is 1. The summed E-state index contributed by atoms with van der Waals surface area (Å²) in [6.07, 6.45) is 3.60. The van der Waals surface area contributed by atoms with Gasteiger partial charge in [0.25, 0.3) is 0 Å². The molecular formula is C13H11BN4O2. The lowest BCUT2D eigenvalue weighted by atomic mass is 9.93. The van der Waals surface area contributed by atoms with Crippen molar-refractivity contribution in [1.29, 1.82) is 0 Å². The minimum Gasteiger partial charge on any atom is -0.442 e. The molecule has 2 aliphatic rings. The number of ether oxygens (including phenoxy) is 1. The van der Waals surface area contributed by atoms with E-state index in [4.69, 9.17) is 12.6 Å². The van der Waals surface area contributed by atoms with Crippen LogP contribution in [0.5, 0.6) is 0 Å². The molecule has 98 valence electrons. The summed E-state index contributed by atoms with van der Waals surface area (Å²) in [4.78, 5) is 13.8. The quantitative estimate of drug-likeness (QED) is 0.719. The lowest BCUT2D eigenvalue weighted by Crippen LogP contribution is -2.35. The third kappa shape index (κ3) is 1.62. The number of nitrogens with zero attached hydrogens (tertiary/aromatic N) is 4. The molecule has 0 spiro atoms. The topological polar surface area (TPSA) is 60.2 Å². The standard InChI is InChI=1S/C13H11BN4O2/c14-9-1-2-10-8(5-9)6-11-12(20-13(19)18(10)11)7-17-4-3-15-16-17/h1-5,11-12H,6-7H2/t11?,12-/m0/s1. The van der Waals surface area contributed by atoms with E-state index < -0.39 is 0 Å². The first-order valence-corrected chi connectivity index (χ1v) is 6.45. The van der Waals surface area contributed by atoms with E-state index in [1.807, 2.05) is 12.1 Å². The average molecular weight is 266 g/mol. The highest BCUT2D eigenvalue weighted by Gasteiger charge is 2.47. The number of hydrogen-bond donors (Lipinski definition) is 0. The Kier molecular flexibility index (Phi) is 2.36. The first-order chi connectivity index (χ1) is 9.72. The molecule has 0 bridgehead atoms. The molecule has 1 aromatic heterocycles. The second-order valence-electron chi connectivity index (χ2n) is 5.08. The van der Waals surface area contributed by atoms with Crippen LogP contribution in [0.3, 0.4) is 0 Å². The van der Waals surface area contributed by atoms with E-state index in [2.05, 4.69) is 10.3 Å². The van der Waals surface area contributed by atoms with Crippen LogP contribution in [0, 0.1) is 0 Å². The van der Waals surface area contributed by atoms with Crippen LogP contribution in [-0.2, 0) is 17.7 Å². The van der Waals surface area contributed by atoms with Gasteiger partial charge in [0.1, 0.15) is 14.0 Å². The molecule has 0 saturated carbocycles. The molecule has 2 aromatic rings. The van der Waals surface area contributed by atoms with Gasteiger partial charge in [0.05, 0.1) is 24.5 Å². The molecule has 3 heterocycles. The molecule has 1 aromatic carbocycles. The number of fused-ring (bicyclic) bond motifs is 3. The van der Waals surface area contributed by atoms with Crippen molar-refractivity contribution in [3.8, 4) is 0 Å². The molecule has 7 heteroatoms. The van der Waals surface area contributed by atoms with Crippen LogP contribution in [0.25, 0.3) is 0 Å². The second-order valence-corrected chi connectivity index (χ2v) is 5.08. The predicted molar refractivity (Wildman–Crippen MR) is 72.1 cm³/mol. The molecule has 1 amide bonds. The Hall–Kier alpha value is -2.31. The van der Waals surface area contributed by atoms with Crippen molar-refractivity contribution in [3.05, 3.63) is 36.2 Å². The first-order valence-electron chi connectivity index (χ1n) is 6.45. The normalized spacial score (nSPS) is 23.6. The largest absolute Gasteiger partial charge is 0.442 e. The van der Waals surface area contributed by atoms with Crippen LogP contribution in [-0.4, -0.2) is 41.1 Å². The summed E-state index contributed by atoms with van der Waals surface area (Å²) in [6, 6.07) is 5.61. The molecule has 4 rings (SSSR count). The Morgan fingerprint density at radius 2 is 2.35 bits per heavy atom. The van der Waals surface area contributed by atoms with Gasteiger partial charge >= 0.3 is 6.09 Å². The highest BCUT2D eigenvalue weighted by Crippen LogP contribution is 2.38. The Morgan fingerprint density at radius 3 is 3.15 bits per heavy atom. The molecule has 0 N–H and O–H groups in total. The van der Waals surface area contributed by atoms with Gasteiger partial charge in [-0.15, -0.1) is 5.10 Å². The van der Waals surface area contributed by atoms with Gasteiger partial charge in [-0.2, -0.15) is 0 Å². The molecule has 0 aliphatic carbocycles. The van der Waals surface area contributed by atoms with E-state index >= 15 is 0 Å². The molecule has 1 fully saturated rings. The highest BCUT2D eigenvalue weighted by molar-refractivity contribution is 6.32. The Labute approximate surface area is 116 Å². The van der Waals surface area contributed by atoms with Crippen molar-refractivity contribution in [2.45, 2.75) is 25.1 Å². The maximum absolute atomic E-state index is 12.1. The van der Waals surface area contributed by atoms with Gasteiger partial charge < -0.3 is 4.74 Å². The average Bonchev–Trinajstić information content (AvgIpc) is 3.08. The predicted octanol–water partition coefficient (Wildman–Crippen LogP) is 0.0220. The van der Waals surface area contributed by atoms with Crippen LogP contribution < -0.4 is 10.4 Å². The van der Waals surface area contributed by atoms with Gasteiger partial charge in [0.2, 0.25) is 0 Å². The monoisotopic (exact) mass is 266 g/mol. The fraction of sp³-hybridized carbons (Fsp3) is 0.308. The van der Waals surface area contributed by atoms with E-state index in [1.165, 1.54) is 0 Å². The summed E-state index contributed by atoms with van der Waals surface area (Å²) in [5.41, 5.74) is 2.71. The molecule has 2 atom stereocenters. The Morgan fingerprint density at radius 1 is 1.45 bits per heavy atom. The van der Waals surface area contributed by atoms with Crippen molar-refractivity contribution in [1.82, 2.24) is 15.0 Å². The molecule has 1 unspecified atom stereocenters. The van der Waals surface area contributed by atoms with Crippen molar-refractivity contribution in [2.75, 3.05) is 4.90 Å². The zero-order valence-corrected chi connectivity index (χ0v) is 10.6. The fourth-order valence-corrected chi connectivity index (χ4v) is 2.97. The van der Waals surface area contributed by atoms with E-state index in [9.17, 15) is 4.79 Å². The summed E-state index contributed by atoms with van der Waals surface area (Å²) in [5.74, 6) is 0. The number of carbonyl (C=O) groups is 1. The van der Waals surface area contributed by atoms with E-state index in [-0.39, 0.29) is 18.2 Å². The van der Waals surface area contributed by atoms with E-state index in [1.54, 1.807) is 28.0 Å². The minimum atomic E-state index is -0.302. The zero-order chi connectivity index (χ0) is 13.7. The smallest absolute Gasteiger partial charge is 0.415 e. The number of anilines is 1. The summed E-state index contributed by atoms with van der Waals surface area (Å²) >= 11 is 0. The maximum Gasteiger partial charge on any atom is 0.415 e. The summed E-state index contributed by atoms with van der Waals surface area (Å²) in [5, 5.41) is 7.68. The van der Waals surface area contributed by atoms with Gasteiger partial charge in [-0.3, -0.25) is 4.90 Å². The van der Waals surface area contributed by atoms with Gasteiger partial charge in [-0.1, -0.05) is 22.8 Å². The van der Waals surface area contributed by atoms with Gasteiger partial charge in [0, 0.05) is 6.20 Å². The van der Waals surface area contributed by atoms with Crippen LogP contribution in [0.1, 0.15) is 5.56 Å². The lowest BCUT2D eigenvalue weighted by molar-refractivity contribution is 0.117. The molecule has 20 heavy (non-hydrogen) atoms. The zero-order valence-electron chi connectivity index (χ0n) is 10.6. The number of amides is 1. The van der Waals surface area contributed by atoms with Crippen LogP contribution in [0.15, 0.2) is 30.6 Å². The molecular weight excluding hydrogens is 255 g/mol. The Bertz CT molecular complexity index is 673. The highest BCUT2D eigenvalue weighted by atomic mass is 16.6. The number of rotatable bonds is 2. The summed E-state index contributed by atoms with van der Waals surface area (Å²) in [7, 11) is 5.80. The third-order valence-corrected chi connectivity index (χ3v) is 3.84. The number of hydrogen-bond acceptors (Lipinski definition) is 4. The van der Waals surface area contributed by atoms with Crippen molar-refractivity contribution in [3.63, 3.8) is 0 Å². The van der Waals surface area contributed by atoms with E-state index in [0.717, 1.165) is 17.7 Å². The first kappa shape index (κ1) is 11.5. The van der Waals surface area contributed by atoms with Gasteiger partial charge in [-0.25, -0.2) is 9.48 Å². The number of benzene rings is 1. The van der Waals surface area contributed by atoms with Crippen molar-refractivity contribution < 1.29 is 9.53 Å². The van der Waals surface area contributed by atoms with Crippen LogP contribution in [0.2, 0.25) is 0 Å². The summed E-state index contributed by atoms with van der Waals surface area (Å²) in [6.45, 7) is 0.510. The van der Waals surface area contributed by atoms with Crippen molar-refractivity contribution in [2.24, 2.45) is 0 Å². The van der Waals surface area contributed by atoms with Crippen molar-refractivity contribution >= 4 is 25.1 Å². The molecule has 1 saturated heterocycles. The second kappa shape index (κ2) is 4.09. The molecule has 6 nitrogen and oxygen atoms in total. The molecule has 2 radical (unpaired) electrons. The Balaban J connectivity index is 1.65. The number of cyclic esters (lactones) is 1. The molecule has 2 aliphatic heterocycles.